The number of alkyl halides is 1. The number of rotatable bonds is 7. The van der Waals surface area contributed by atoms with Crippen molar-refractivity contribution in [1.82, 2.24) is 10.2 Å². The molecule has 3 unspecified atom stereocenters. The van der Waals surface area contributed by atoms with Crippen molar-refractivity contribution in [1.29, 1.82) is 0 Å². The summed E-state index contributed by atoms with van der Waals surface area (Å²) in [5.41, 5.74) is 2.33. The Morgan fingerprint density at radius 1 is 1.21 bits per heavy atom. The molecule has 34 heavy (non-hydrogen) atoms. The second-order valence-electron chi connectivity index (χ2n) is 10.0. The number of amides is 1. The molecule has 5 nitrogen and oxygen atoms in total. The Labute approximate surface area is 216 Å². The number of nitrogens with zero attached hydrogens (tertiary/aromatic N) is 1. The van der Waals surface area contributed by atoms with Crippen molar-refractivity contribution in [2.45, 2.75) is 65.8 Å². The Kier molecular flexibility index (Phi) is 13.7. The van der Waals surface area contributed by atoms with Crippen molar-refractivity contribution >= 4 is 29.1 Å². The second kappa shape index (κ2) is 14.3. The van der Waals surface area contributed by atoms with Crippen LogP contribution in [0.15, 0.2) is 48.1 Å². The summed E-state index contributed by atoms with van der Waals surface area (Å²) in [6.07, 6.45) is 9.77. The predicted molar refractivity (Wildman–Crippen MR) is 146 cm³/mol. The highest BCUT2D eigenvalue weighted by Gasteiger charge is 2.37. The molecule has 0 radical (unpaired) electrons. The van der Waals surface area contributed by atoms with E-state index in [-0.39, 0.29) is 41.1 Å². The lowest BCUT2D eigenvalue weighted by atomic mass is 9.69. The molecule has 1 fully saturated rings. The second-order valence-corrected chi connectivity index (χ2v) is 11.0. The Morgan fingerprint density at radius 3 is 2.38 bits per heavy atom. The summed E-state index contributed by atoms with van der Waals surface area (Å²) in [5, 5.41) is 4.02. The molecule has 1 aliphatic heterocycles. The number of likely N-dealkylation sites (tertiary alicyclic amines) is 1. The van der Waals surface area contributed by atoms with Crippen molar-refractivity contribution in [3.05, 3.63) is 58.7 Å². The van der Waals surface area contributed by atoms with E-state index in [1.165, 1.54) is 12.0 Å². The lowest BCUT2D eigenvalue weighted by Crippen LogP contribution is -2.48. The van der Waals surface area contributed by atoms with Crippen LogP contribution in [-0.2, 0) is 0 Å². The number of carbonyl (C=O) groups excluding carboxylic acids is 1. The van der Waals surface area contributed by atoms with Crippen molar-refractivity contribution in [2.24, 2.45) is 17.3 Å². The lowest BCUT2D eigenvalue weighted by molar-refractivity contribution is 0.0690. The minimum absolute atomic E-state index is 0. The third kappa shape index (κ3) is 8.69. The first-order valence-electron chi connectivity index (χ1n) is 11.5. The third-order valence-corrected chi connectivity index (χ3v) is 7.35. The van der Waals surface area contributed by atoms with E-state index in [4.69, 9.17) is 23.2 Å². The maximum Gasteiger partial charge on any atom is 0.251 e. The largest absolute Gasteiger partial charge is 0.412 e. The average Bonchev–Trinajstić information content (AvgIpc) is 2.71. The van der Waals surface area contributed by atoms with Gasteiger partial charge in [-0.15, -0.1) is 11.6 Å². The van der Waals surface area contributed by atoms with Gasteiger partial charge in [-0.2, -0.15) is 0 Å². The number of nitrogens with one attached hydrogen (secondary N) is 1. The van der Waals surface area contributed by atoms with E-state index >= 15 is 0 Å². The molecule has 194 valence electrons. The number of carbonyl (C=O) groups is 1. The number of allylic oxidation sites excluding steroid dienone is 4. The molecule has 7 heteroatoms. The van der Waals surface area contributed by atoms with Crippen LogP contribution in [0.5, 0.6) is 0 Å². The highest BCUT2D eigenvalue weighted by Crippen LogP contribution is 2.41. The Bertz CT molecular complexity index is 822. The first-order chi connectivity index (χ1) is 14.7. The smallest absolute Gasteiger partial charge is 0.251 e. The Hall–Kier alpha value is -1.37. The first kappa shape index (κ1) is 32.6. The monoisotopic (exact) mass is 514 g/mol. The molecule has 1 aromatic carbocycles. The van der Waals surface area contributed by atoms with E-state index in [1.807, 2.05) is 0 Å². The minimum atomic E-state index is -0.0250. The number of hydrogen-bond donors (Lipinski definition) is 1. The van der Waals surface area contributed by atoms with Crippen LogP contribution in [0.2, 0.25) is 5.02 Å². The lowest BCUT2D eigenvalue weighted by Gasteiger charge is -2.46. The normalized spacial score (nSPS) is 22.5. The van der Waals surface area contributed by atoms with Gasteiger partial charge in [-0.1, -0.05) is 65.0 Å². The van der Waals surface area contributed by atoms with Crippen LogP contribution in [0.25, 0.3) is 0 Å². The van der Waals surface area contributed by atoms with Crippen molar-refractivity contribution in [2.75, 3.05) is 19.6 Å². The molecule has 0 aromatic heterocycles. The van der Waals surface area contributed by atoms with E-state index < -0.39 is 0 Å². The maximum atomic E-state index is 12.7. The van der Waals surface area contributed by atoms with Crippen LogP contribution in [0.1, 0.15) is 64.7 Å². The SMILES string of the molecule is C.CC(C)C(CCN1CCC(C2=CCC(Cl)C=C2)C(C)(C)C1)NC(=O)c1ccc(Cl)cc1.O.O. The Morgan fingerprint density at radius 2 is 1.85 bits per heavy atom. The molecular weight excluding hydrogens is 471 g/mol. The van der Waals surface area contributed by atoms with E-state index in [2.05, 4.69) is 56.1 Å². The molecule has 1 amide bonds. The molecule has 3 rings (SSSR count). The third-order valence-electron chi connectivity index (χ3n) is 6.77. The molecule has 0 saturated carbocycles. The molecule has 1 saturated heterocycles. The maximum absolute atomic E-state index is 12.7. The fourth-order valence-electron chi connectivity index (χ4n) is 4.89. The molecule has 1 aromatic rings. The van der Waals surface area contributed by atoms with E-state index in [9.17, 15) is 4.79 Å². The number of halogens is 2. The number of benzene rings is 1. The molecular formula is C27H44Cl2N2O3. The summed E-state index contributed by atoms with van der Waals surface area (Å²) in [7, 11) is 0. The molecule has 1 heterocycles. The quantitative estimate of drug-likeness (QED) is 0.498. The van der Waals surface area contributed by atoms with Gasteiger partial charge >= 0.3 is 0 Å². The zero-order valence-electron chi connectivity index (χ0n) is 20.2. The van der Waals surface area contributed by atoms with Gasteiger partial charge in [0.1, 0.15) is 0 Å². The number of hydrogen-bond acceptors (Lipinski definition) is 2. The fourth-order valence-corrected chi connectivity index (χ4v) is 5.18. The summed E-state index contributed by atoms with van der Waals surface area (Å²) >= 11 is 12.2. The molecule has 1 aliphatic carbocycles. The van der Waals surface area contributed by atoms with Crippen LogP contribution in [-0.4, -0.2) is 52.8 Å². The topological polar surface area (TPSA) is 95.3 Å². The molecule has 0 bridgehead atoms. The van der Waals surface area contributed by atoms with Crippen LogP contribution in [0, 0.1) is 17.3 Å². The van der Waals surface area contributed by atoms with Gasteiger partial charge in [-0.3, -0.25) is 4.79 Å². The van der Waals surface area contributed by atoms with Crippen LogP contribution in [0.3, 0.4) is 0 Å². The van der Waals surface area contributed by atoms with Gasteiger partial charge in [-0.05, 0) is 72.9 Å². The van der Waals surface area contributed by atoms with Gasteiger partial charge in [0.15, 0.2) is 0 Å². The molecule has 3 atom stereocenters. The van der Waals surface area contributed by atoms with Crippen molar-refractivity contribution < 1.29 is 15.7 Å². The Balaban J connectivity index is 0.00000363. The molecule has 5 N–H and O–H groups in total. The van der Waals surface area contributed by atoms with Gasteiger partial charge in [0, 0.05) is 29.7 Å². The summed E-state index contributed by atoms with van der Waals surface area (Å²) in [6.45, 7) is 12.3. The summed E-state index contributed by atoms with van der Waals surface area (Å²) in [6, 6.07) is 7.23. The fraction of sp³-hybridized carbons (Fsp3) is 0.593. The van der Waals surface area contributed by atoms with E-state index in [1.54, 1.807) is 24.3 Å². The van der Waals surface area contributed by atoms with Crippen molar-refractivity contribution in [3.8, 4) is 0 Å². The summed E-state index contributed by atoms with van der Waals surface area (Å²) in [5.74, 6) is 0.931. The van der Waals surface area contributed by atoms with Gasteiger partial charge in [0.05, 0.1) is 5.38 Å². The van der Waals surface area contributed by atoms with Gasteiger partial charge in [-0.25, -0.2) is 0 Å². The highest BCUT2D eigenvalue weighted by atomic mass is 35.5. The zero-order chi connectivity index (χ0) is 22.6. The van der Waals surface area contributed by atoms with Gasteiger partial charge in [0.2, 0.25) is 0 Å². The molecule has 0 spiro atoms. The standard InChI is InChI=1S/C26H36Cl2N2O.CH4.2H2O/c1-18(2)24(29-25(31)20-7-11-22(28)12-8-20)14-16-30-15-13-23(26(3,4)17-30)19-5-9-21(27)10-6-19;;;/h5-9,11-12,18,21,23-24H,10,13-17H2,1-4H3,(H,29,31);1H4;2*1H2. The first-order valence-corrected chi connectivity index (χ1v) is 12.3. The van der Waals surface area contributed by atoms with Crippen LogP contribution < -0.4 is 5.32 Å². The summed E-state index contributed by atoms with van der Waals surface area (Å²) < 4.78 is 0. The zero-order valence-corrected chi connectivity index (χ0v) is 21.7. The molecule has 2 aliphatic rings. The van der Waals surface area contributed by atoms with E-state index in [0.717, 1.165) is 32.5 Å². The van der Waals surface area contributed by atoms with E-state index in [0.29, 0.717) is 22.4 Å². The average molecular weight is 516 g/mol. The predicted octanol–water partition coefficient (Wildman–Crippen LogP) is 5.31. The number of piperidine rings is 1. The highest BCUT2D eigenvalue weighted by molar-refractivity contribution is 6.30. The van der Waals surface area contributed by atoms with Gasteiger partial charge < -0.3 is 21.2 Å². The van der Waals surface area contributed by atoms with Crippen molar-refractivity contribution in [3.63, 3.8) is 0 Å². The summed E-state index contributed by atoms with van der Waals surface area (Å²) in [4.78, 5) is 15.2. The van der Waals surface area contributed by atoms with Crippen LogP contribution in [0.4, 0.5) is 0 Å². The van der Waals surface area contributed by atoms with Gasteiger partial charge in [0.25, 0.3) is 5.91 Å². The minimum Gasteiger partial charge on any atom is -0.412 e. The van der Waals surface area contributed by atoms with Crippen LogP contribution >= 0.6 is 23.2 Å².